The number of fused-ring (bicyclic) bond motifs is 2. The number of H-pyrrole nitrogens is 1. The maximum absolute atomic E-state index is 6.57. The lowest BCUT2D eigenvalue weighted by Crippen LogP contribution is -2.19. The SMILES string of the molecule is CC1=C=Cc2cc(C(C)(C)c3cc(Cl)c4nc(C)[nH]c4c3)cc(Cl)c2N1. The van der Waals surface area contributed by atoms with Gasteiger partial charge in [-0.25, -0.2) is 4.98 Å². The second kappa shape index (κ2) is 5.92. The van der Waals surface area contributed by atoms with Crippen LogP contribution in [0.1, 0.15) is 43.3 Å². The van der Waals surface area contributed by atoms with E-state index in [9.17, 15) is 0 Å². The van der Waals surface area contributed by atoms with Crippen LogP contribution in [-0.2, 0) is 5.41 Å². The molecule has 0 aliphatic carbocycles. The average molecular weight is 384 g/mol. The lowest BCUT2D eigenvalue weighted by Gasteiger charge is -2.28. The van der Waals surface area contributed by atoms with E-state index in [1.807, 2.05) is 32.1 Å². The molecule has 26 heavy (non-hydrogen) atoms. The highest BCUT2D eigenvalue weighted by Crippen LogP contribution is 2.40. The van der Waals surface area contributed by atoms with E-state index in [1.165, 1.54) is 0 Å². The van der Waals surface area contributed by atoms with Crippen LogP contribution in [0.5, 0.6) is 0 Å². The van der Waals surface area contributed by atoms with E-state index in [0.717, 1.165) is 44.9 Å². The normalized spacial score (nSPS) is 13.5. The van der Waals surface area contributed by atoms with E-state index in [0.29, 0.717) is 10.0 Å². The van der Waals surface area contributed by atoms with Crippen molar-refractivity contribution in [1.82, 2.24) is 9.97 Å². The maximum atomic E-state index is 6.57. The summed E-state index contributed by atoms with van der Waals surface area (Å²) in [5, 5.41) is 4.64. The van der Waals surface area contributed by atoms with Crippen molar-refractivity contribution < 1.29 is 0 Å². The van der Waals surface area contributed by atoms with Gasteiger partial charge in [0.05, 0.1) is 26.9 Å². The van der Waals surface area contributed by atoms with Crippen LogP contribution in [0.2, 0.25) is 10.0 Å². The number of nitrogens with one attached hydrogen (secondary N) is 2. The molecule has 3 aromatic rings. The van der Waals surface area contributed by atoms with Crippen molar-refractivity contribution in [3.05, 3.63) is 68.3 Å². The summed E-state index contributed by atoms with van der Waals surface area (Å²) in [4.78, 5) is 7.73. The van der Waals surface area contributed by atoms with Gasteiger partial charge in [-0.15, -0.1) is 0 Å². The van der Waals surface area contributed by atoms with Gasteiger partial charge in [-0.2, -0.15) is 0 Å². The Balaban J connectivity index is 1.88. The minimum absolute atomic E-state index is 0.278. The molecule has 0 spiro atoms. The van der Waals surface area contributed by atoms with Crippen molar-refractivity contribution >= 4 is 46.0 Å². The van der Waals surface area contributed by atoms with Crippen molar-refractivity contribution in [2.45, 2.75) is 33.1 Å². The van der Waals surface area contributed by atoms with Crippen LogP contribution >= 0.6 is 23.2 Å². The summed E-state index contributed by atoms with van der Waals surface area (Å²) >= 11 is 13.1. The summed E-state index contributed by atoms with van der Waals surface area (Å²) in [6, 6.07) is 8.29. The topological polar surface area (TPSA) is 40.7 Å². The number of anilines is 1. The molecule has 1 aromatic heterocycles. The molecule has 2 aromatic carbocycles. The third-order valence-corrected chi connectivity index (χ3v) is 5.57. The van der Waals surface area contributed by atoms with E-state index in [2.05, 4.69) is 47.0 Å². The zero-order chi connectivity index (χ0) is 18.6. The van der Waals surface area contributed by atoms with Crippen molar-refractivity contribution in [1.29, 1.82) is 0 Å². The predicted molar refractivity (Wildman–Crippen MR) is 110 cm³/mol. The van der Waals surface area contributed by atoms with Crippen LogP contribution in [0, 0.1) is 6.92 Å². The van der Waals surface area contributed by atoms with Crippen LogP contribution in [0.25, 0.3) is 17.1 Å². The highest BCUT2D eigenvalue weighted by Gasteiger charge is 2.27. The summed E-state index contributed by atoms with van der Waals surface area (Å²) < 4.78 is 0. The molecular weight excluding hydrogens is 365 g/mol. The summed E-state index contributed by atoms with van der Waals surface area (Å²) in [5.41, 5.74) is 9.83. The number of aryl methyl sites for hydroxylation is 1. The van der Waals surface area contributed by atoms with E-state index in [-0.39, 0.29) is 5.41 Å². The molecule has 0 saturated heterocycles. The molecular formula is C21H19Cl2N3. The van der Waals surface area contributed by atoms with Gasteiger partial charge in [-0.05, 0) is 55.3 Å². The highest BCUT2D eigenvalue weighted by molar-refractivity contribution is 6.35. The van der Waals surface area contributed by atoms with Gasteiger partial charge in [-0.1, -0.05) is 42.8 Å². The van der Waals surface area contributed by atoms with Crippen LogP contribution in [-0.4, -0.2) is 9.97 Å². The third kappa shape index (κ3) is 2.73. The molecule has 132 valence electrons. The molecule has 1 aliphatic rings. The molecule has 2 N–H and O–H groups in total. The van der Waals surface area contributed by atoms with Crippen LogP contribution in [0.3, 0.4) is 0 Å². The Kier molecular flexibility index (Phi) is 3.92. The molecule has 0 fully saturated rings. The first kappa shape index (κ1) is 17.2. The van der Waals surface area contributed by atoms with Crippen molar-refractivity contribution in [3.63, 3.8) is 0 Å². The Labute approximate surface area is 162 Å². The molecule has 0 atom stereocenters. The first-order valence-electron chi connectivity index (χ1n) is 8.46. The van der Waals surface area contributed by atoms with Crippen LogP contribution in [0.15, 0.2) is 35.7 Å². The quantitative estimate of drug-likeness (QED) is 0.499. The number of rotatable bonds is 2. The fraction of sp³-hybridized carbons (Fsp3) is 0.238. The van der Waals surface area contributed by atoms with Crippen LogP contribution in [0.4, 0.5) is 5.69 Å². The van der Waals surface area contributed by atoms with Gasteiger partial charge in [-0.3, -0.25) is 0 Å². The number of halogens is 2. The van der Waals surface area contributed by atoms with Crippen molar-refractivity contribution in [3.8, 4) is 0 Å². The van der Waals surface area contributed by atoms with E-state index >= 15 is 0 Å². The van der Waals surface area contributed by atoms with Gasteiger partial charge in [0.2, 0.25) is 0 Å². The second-order valence-electron chi connectivity index (χ2n) is 7.26. The molecule has 0 saturated carbocycles. The fourth-order valence-electron chi connectivity index (χ4n) is 3.37. The molecule has 0 amide bonds. The largest absolute Gasteiger partial charge is 0.351 e. The number of hydrogen-bond acceptors (Lipinski definition) is 2. The second-order valence-corrected chi connectivity index (χ2v) is 8.08. The monoisotopic (exact) mass is 383 g/mol. The van der Waals surface area contributed by atoms with E-state index < -0.39 is 0 Å². The maximum Gasteiger partial charge on any atom is 0.107 e. The zero-order valence-corrected chi connectivity index (χ0v) is 16.6. The molecule has 0 bridgehead atoms. The lowest BCUT2D eigenvalue weighted by atomic mass is 9.77. The molecule has 0 unspecified atom stereocenters. The number of benzene rings is 2. The van der Waals surface area contributed by atoms with E-state index in [1.54, 1.807) is 0 Å². The van der Waals surface area contributed by atoms with Gasteiger partial charge in [0.25, 0.3) is 0 Å². The number of nitrogens with zero attached hydrogens (tertiary/aromatic N) is 1. The molecule has 4 rings (SSSR count). The molecule has 1 aliphatic heterocycles. The Morgan fingerprint density at radius 3 is 2.46 bits per heavy atom. The number of hydrogen-bond donors (Lipinski definition) is 2. The van der Waals surface area contributed by atoms with Crippen LogP contribution < -0.4 is 5.32 Å². The summed E-state index contributed by atoms with van der Waals surface area (Å²) in [5.74, 6) is 0.854. The Morgan fingerprint density at radius 2 is 1.69 bits per heavy atom. The van der Waals surface area contributed by atoms with Crippen molar-refractivity contribution in [2.75, 3.05) is 5.32 Å². The van der Waals surface area contributed by atoms with Gasteiger partial charge in [0.15, 0.2) is 0 Å². The van der Waals surface area contributed by atoms with Gasteiger partial charge < -0.3 is 10.3 Å². The first-order chi connectivity index (χ1) is 12.3. The minimum Gasteiger partial charge on any atom is -0.351 e. The Hall–Kier alpha value is -2.19. The zero-order valence-electron chi connectivity index (χ0n) is 15.1. The summed E-state index contributed by atoms with van der Waals surface area (Å²) in [6.07, 6.45) is 1.97. The lowest BCUT2D eigenvalue weighted by molar-refractivity contribution is 0.641. The highest BCUT2D eigenvalue weighted by atomic mass is 35.5. The molecule has 3 nitrogen and oxygen atoms in total. The average Bonchev–Trinajstić information content (AvgIpc) is 2.96. The minimum atomic E-state index is -0.278. The number of aromatic amines is 1. The van der Waals surface area contributed by atoms with E-state index in [4.69, 9.17) is 23.2 Å². The molecule has 5 heteroatoms. The number of imidazole rings is 1. The first-order valence-corrected chi connectivity index (χ1v) is 9.22. The third-order valence-electron chi connectivity index (χ3n) is 4.98. The number of aromatic nitrogens is 2. The Bertz CT molecular complexity index is 1120. The summed E-state index contributed by atoms with van der Waals surface area (Å²) in [7, 11) is 0. The van der Waals surface area contributed by atoms with Gasteiger partial charge in [0, 0.05) is 11.0 Å². The van der Waals surface area contributed by atoms with Gasteiger partial charge in [0.1, 0.15) is 11.3 Å². The summed E-state index contributed by atoms with van der Waals surface area (Å²) in [6.45, 7) is 8.25. The Morgan fingerprint density at radius 1 is 1.00 bits per heavy atom. The van der Waals surface area contributed by atoms with Crippen molar-refractivity contribution in [2.24, 2.45) is 0 Å². The molecule has 2 heterocycles. The standard InChI is InChI=1S/C21H19Cl2N3/c1-11-5-6-13-7-14(8-16(22)19(13)24-11)21(3,4)15-9-17(23)20-18(10-15)25-12(2)26-20/h6-10,24H,1-4H3,(H,25,26). The fourth-order valence-corrected chi connectivity index (χ4v) is 3.91. The smallest absolute Gasteiger partial charge is 0.107 e. The molecule has 0 radical (unpaired) electrons. The van der Waals surface area contributed by atoms with Gasteiger partial charge >= 0.3 is 0 Å². The number of allylic oxidation sites excluding steroid dienone is 1. The predicted octanol–water partition coefficient (Wildman–Crippen LogP) is 6.45.